The fourth-order valence-electron chi connectivity index (χ4n) is 1.75. The molecular formula is C12H13N3O2. The molecule has 0 fully saturated rings. The maximum Gasteiger partial charge on any atom is 0.337 e. The fourth-order valence-corrected chi connectivity index (χ4v) is 1.75. The van der Waals surface area contributed by atoms with E-state index in [-0.39, 0.29) is 5.56 Å². The molecule has 17 heavy (non-hydrogen) atoms. The second-order valence-electron chi connectivity index (χ2n) is 3.73. The zero-order valence-corrected chi connectivity index (χ0v) is 9.71. The quantitative estimate of drug-likeness (QED) is 0.876. The number of carbonyl (C=O) groups is 1. The molecular weight excluding hydrogens is 218 g/mol. The maximum absolute atomic E-state index is 10.9. The Balaban J connectivity index is 2.49. The molecule has 0 aromatic carbocycles. The molecule has 0 saturated carbocycles. The van der Waals surface area contributed by atoms with Crippen molar-refractivity contribution in [3.05, 3.63) is 35.9 Å². The van der Waals surface area contributed by atoms with Crippen LogP contribution in [0, 0.1) is 6.92 Å². The Hall–Kier alpha value is -2.17. The van der Waals surface area contributed by atoms with Gasteiger partial charge in [-0.25, -0.2) is 4.79 Å². The second kappa shape index (κ2) is 4.37. The Morgan fingerprint density at radius 2 is 2.18 bits per heavy atom. The number of hydrogen-bond donors (Lipinski definition) is 1. The first-order valence-corrected chi connectivity index (χ1v) is 5.34. The summed E-state index contributed by atoms with van der Waals surface area (Å²) in [4.78, 5) is 14.8. The number of hydrogen-bond acceptors (Lipinski definition) is 3. The maximum atomic E-state index is 10.9. The van der Waals surface area contributed by atoms with Crippen molar-refractivity contribution in [2.45, 2.75) is 20.4 Å². The van der Waals surface area contributed by atoms with Gasteiger partial charge >= 0.3 is 5.97 Å². The molecule has 88 valence electrons. The van der Waals surface area contributed by atoms with Gasteiger partial charge in [0.05, 0.1) is 11.8 Å². The minimum absolute atomic E-state index is 0.186. The second-order valence-corrected chi connectivity index (χ2v) is 3.73. The van der Waals surface area contributed by atoms with Gasteiger partial charge in [-0.1, -0.05) is 0 Å². The molecule has 0 aliphatic heterocycles. The Morgan fingerprint density at radius 3 is 2.76 bits per heavy atom. The van der Waals surface area contributed by atoms with E-state index >= 15 is 0 Å². The average molecular weight is 231 g/mol. The molecule has 0 spiro atoms. The molecule has 5 heteroatoms. The summed E-state index contributed by atoms with van der Waals surface area (Å²) in [5.41, 5.74) is 2.90. The van der Waals surface area contributed by atoms with Crippen LogP contribution in [0.4, 0.5) is 0 Å². The largest absolute Gasteiger partial charge is 0.478 e. The molecule has 0 atom stereocenters. The fraction of sp³-hybridized carbons (Fsp3) is 0.250. The molecule has 0 unspecified atom stereocenters. The van der Waals surface area contributed by atoms with E-state index in [0.29, 0.717) is 0 Å². The summed E-state index contributed by atoms with van der Waals surface area (Å²) in [6.45, 7) is 4.76. The highest BCUT2D eigenvalue weighted by Crippen LogP contribution is 2.22. The number of aromatic carboxylic acids is 1. The van der Waals surface area contributed by atoms with Gasteiger partial charge in [0.1, 0.15) is 0 Å². The molecule has 0 radical (unpaired) electrons. The smallest absolute Gasteiger partial charge is 0.337 e. The Kier molecular flexibility index (Phi) is 2.91. The van der Waals surface area contributed by atoms with Gasteiger partial charge in [0.25, 0.3) is 0 Å². The number of aryl methyl sites for hydroxylation is 1. The summed E-state index contributed by atoms with van der Waals surface area (Å²) >= 11 is 0. The Bertz CT molecular complexity index is 561. The van der Waals surface area contributed by atoms with Crippen molar-refractivity contribution in [2.24, 2.45) is 0 Å². The van der Waals surface area contributed by atoms with E-state index < -0.39 is 5.97 Å². The van der Waals surface area contributed by atoms with Crippen LogP contribution in [0.15, 0.2) is 24.7 Å². The first kappa shape index (κ1) is 11.3. The van der Waals surface area contributed by atoms with Crippen LogP contribution in [-0.2, 0) is 6.54 Å². The van der Waals surface area contributed by atoms with Crippen LogP contribution in [0.3, 0.4) is 0 Å². The van der Waals surface area contributed by atoms with Crippen molar-refractivity contribution in [2.75, 3.05) is 0 Å². The van der Waals surface area contributed by atoms with Gasteiger partial charge < -0.3 is 5.11 Å². The number of carboxylic acid groups (broad SMARTS) is 1. The summed E-state index contributed by atoms with van der Waals surface area (Å²) in [6.07, 6.45) is 4.73. The first-order chi connectivity index (χ1) is 8.13. The predicted octanol–water partition coefficient (Wildman–Crippen LogP) is 1.97. The lowest BCUT2D eigenvalue weighted by Crippen LogP contribution is -1.99. The van der Waals surface area contributed by atoms with Gasteiger partial charge in [0, 0.05) is 35.8 Å². The van der Waals surface area contributed by atoms with Crippen LogP contribution < -0.4 is 0 Å². The predicted molar refractivity (Wildman–Crippen MR) is 62.8 cm³/mol. The van der Waals surface area contributed by atoms with Crippen molar-refractivity contribution in [1.29, 1.82) is 0 Å². The van der Waals surface area contributed by atoms with Crippen LogP contribution >= 0.6 is 0 Å². The molecule has 0 saturated heterocycles. The summed E-state index contributed by atoms with van der Waals surface area (Å²) in [5, 5.41) is 13.1. The van der Waals surface area contributed by atoms with Gasteiger partial charge in [-0.15, -0.1) is 0 Å². The van der Waals surface area contributed by atoms with E-state index in [2.05, 4.69) is 10.1 Å². The molecule has 2 aromatic rings. The standard InChI is InChI=1S/C12H13N3O2/c1-3-15-8(2)11(7-14-15)9-4-10(12(16)17)6-13-5-9/h4-7H,3H2,1-2H3,(H,16,17). The lowest BCUT2D eigenvalue weighted by Gasteiger charge is -2.03. The molecule has 2 aromatic heterocycles. The summed E-state index contributed by atoms with van der Waals surface area (Å²) in [5.74, 6) is -0.972. The molecule has 0 aliphatic carbocycles. The number of nitrogens with zero attached hydrogens (tertiary/aromatic N) is 3. The number of aromatic nitrogens is 3. The third-order valence-corrected chi connectivity index (χ3v) is 2.70. The van der Waals surface area contributed by atoms with Gasteiger partial charge in [0.2, 0.25) is 0 Å². The zero-order chi connectivity index (χ0) is 12.4. The van der Waals surface area contributed by atoms with E-state index in [0.717, 1.165) is 23.4 Å². The normalized spacial score (nSPS) is 10.5. The Labute approximate surface area is 98.7 Å². The molecule has 0 bridgehead atoms. The van der Waals surface area contributed by atoms with Crippen LogP contribution in [0.1, 0.15) is 23.0 Å². The summed E-state index contributed by atoms with van der Waals surface area (Å²) < 4.78 is 1.86. The molecule has 1 N–H and O–H groups in total. The van der Waals surface area contributed by atoms with Crippen LogP contribution in [0.5, 0.6) is 0 Å². The lowest BCUT2D eigenvalue weighted by molar-refractivity contribution is 0.0696. The van der Waals surface area contributed by atoms with E-state index in [1.54, 1.807) is 18.5 Å². The van der Waals surface area contributed by atoms with Gasteiger partial charge in [-0.3, -0.25) is 9.67 Å². The van der Waals surface area contributed by atoms with E-state index in [1.165, 1.54) is 6.20 Å². The zero-order valence-electron chi connectivity index (χ0n) is 9.71. The molecule has 2 heterocycles. The van der Waals surface area contributed by atoms with Gasteiger partial charge in [-0.2, -0.15) is 5.10 Å². The van der Waals surface area contributed by atoms with Crippen molar-refractivity contribution < 1.29 is 9.90 Å². The van der Waals surface area contributed by atoms with Gasteiger partial charge in [0.15, 0.2) is 0 Å². The van der Waals surface area contributed by atoms with Crippen LogP contribution in [0.2, 0.25) is 0 Å². The number of carboxylic acids is 1. The lowest BCUT2D eigenvalue weighted by atomic mass is 10.1. The average Bonchev–Trinajstić information content (AvgIpc) is 2.70. The number of rotatable bonds is 3. The van der Waals surface area contributed by atoms with Crippen LogP contribution in [-0.4, -0.2) is 25.8 Å². The van der Waals surface area contributed by atoms with Crippen molar-refractivity contribution in [1.82, 2.24) is 14.8 Å². The third kappa shape index (κ3) is 2.04. The van der Waals surface area contributed by atoms with Crippen molar-refractivity contribution >= 4 is 5.97 Å². The summed E-state index contributed by atoms with van der Waals surface area (Å²) in [7, 11) is 0. The highest BCUT2D eigenvalue weighted by Gasteiger charge is 2.10. The highest BCUT2D eigenvalue weighted by molar-refractivity contribution is 5.88. The third-order valence-electron chi connectivity index (χ3n) is 2.70. The minimum Gasteiger partial charge on any atom is -0.478 e. The first-order valence-electron chi connectivity index (χ1n) is 5.34. The van der Waals surface area contributed by atoms with E-state index in [4.69, 9.17) is 5.11 Å². The van der Waals surface area contributed by atoms with E-state index in [1.807, 2.05) is 18.5 Å². The SMILES string of the molecule is CCn1ncc(-c2cncc(C(=O)O)c2)c1C. The minimum atomic E-state index is -0.972. The molecule has 5 nitrogen and oxygen atoms in total. The van der Waals surface area contributed by atoms with Crippen LogP contribution in [0.25, 0.3) is 11.1 Å². The molecule has 2 rings (SSSR count). The Morgan fingerprint density at radius 1 is 1.41 bits per heavy atom. The topological polar surface area (TPSA) is 68.0 Å². The van der Waals surface area contributed by atoms with Gasteiger partial charge in [-0.05, 0) is 19.9 Å². The highest BCUT2D eigenvalue weighted by atomic mass is 16.4. The van der Waals surface area contributed by atoms with Crippen molar-refractivity contribution in [3.8, 4) is 11.1 Å². The number of pyridine rings is 1. The molecule has 0 amide bonds. The summed E-state index contributed by atoms with van der Waals surface area (Å²) in [6, 6.07) is 1.61. The monoisotopic (exact) mass is 231 g/mol. The van der Waals surface area contributed by atoms with Crippen molar-refractivity contribution in [3.63, 3.8) is 0 Å². The molecule has 0 aliphatic rings. The van der Waals surface area contributed by atoms with E-state index in [9.17, 15) is 4.79 Å².